The number of aliphatic hydroxyl groups is 1. The summed E-state index contributed by atoms with van der Waals surface area (Å²) in [5.74, 6) is -1.75. The third kappa shape index (κ3) is 3.23. The van der Waals surface area contributed by atoms with Crippen molar-refractivity contribution < 1.29 is 14.7 Å². The van der Waals surface area contributed by atoms with E-state index >= 15 is 0 Å². The number of rotatable bonds is 3. The third-order valence-electron chi connectivity index (χ3n) is 5.03. The number of carbonyl (C=O) groups excluding carboxylic acids is 2. The van der Waals surface area contributed by atoms with Crippen molar-refractivity contribution in [3.05, 3.63) is 101 Å². The van der Waals surface area contributed by atoms with Crippen LogP contribution in [0.3, 0.4) is 0 Å². The highest BCUT2D eigenvalue weighted by atomic mass is 16.3. The van der Waals surface area contributed by atoms with E-state index < -0.39 is 17.7 Å². The molecule has 4 rings (SSSR count). The molecule has 1 unspecified atom stereocenters. The number of Topliss-reactive ketones (excluding diaryl/α,β-unsaturated/α-hetero) is 1. The molecule has 0 saturated carbocycles. The van der Waals surface area contributed by atoms with Gasteiger partial charge in [-0.2, -0.15) is 5.26 Å². The van der Waals surface area contributed by atoms with E-state index in [4.69, 9.17) is 5.26 Å². The summed E-state index contributed by atoms with van der Waals surface area (Å²) in [5, 5.41) is 20.0. The van der Waals surface area contributed by atoms with Crippen LogP contribution in [0.4, 0.5) is 5.69 Å². The van der Waals surface area contributed by atoms with Crippen LogP contribution in [0.5, 0.6) is 0 Å². The van der Waals surface area contributed by atoms with Gasteiger partial charge < -0.3 is 5.11 Å². The van der Waals surface area contributed by atoms with E-state index in [9.17, 15) is 14.7 Å². The summed E-state index contributed by atoms with van der Waals surface area (Å²) in [5.41, 5.74) is 2.99. The molecule has 0 aliphatic carbocycles. The van der Waals surface area contributed by atoms with Crippen molar-refractivity contribution >= 4 is 23.1 Å². The van der Waals surface area contributed by atoms with Gasteiger partial charge in [0.25, 0.3) is 11.7 Å². The lowest BCUT2D eigenvalue weighted by Gasteiger charge is -2.25. The van der Waals surface area contributed by atoms with Gasteiger partial charge in [-0.1, -0.05) is 29.8 Å². The molecule has 1 saturated heterocycles. The number of aryl methyl sites for hydroxylation is 1. The van der Waals surface area contributed by atoms with Gasteiger partial charge in [0.1, 0.15) is 5.76 Å². The molecule has 1 N–H and O–H groups in total. The molecule has 6 nitrogen and oxygen atoms in total. The fourth-order valence-corrected chi connectivity index (χ4v) is 3.62. The Labute approximate surface area is 173 Å². The SMILES string of the molecule is Cc1cccc(C2/C(=C(/O)c3ccncc3)C(=O)C(=O)N2c2ccc(C#N)cc2)c1. The number of amides is 1. The first-order valence-corrected chi connectivity index (χ1v) is 9.29. The lowest BCUT2D eigenvalue weighted by Crippen LogP contribution is -2.29. The van der Waals surface area contributed by atoms with Crippen LogP contribution in [0.15, 0.2) is 78.6 Å². The summed E-state index contributed by atoms with van der Waals surface area (Å²) in [6.45, 7) is 1.92. The molecule has 6 heteroatoms. The summed E-state index contributed by atoms with van der Waals surface area (Å²) in [6.07, 6.45) is 3.01. The number of ketones is 1. The van der Waals surface area contributed by atoms with Gasteiger partial charge in [0.15, 0.2) is 0 Å². The van der Waals surface area contributed by atoms with E-state index in [2.05, 4.69) is 4.98 Å². The van der Waals surface area contributed by atoms with Crippen molar-refractivity contribution in [2.24, 2.45) is 0 Å². The van der Waals surface area contributed by atoms with Crippen molar-refractivity contribution in [1.82, 2.24) is 4.98 Å². The summed E-state index contributed by atoms with van der Waals surface area (Å²) in [4.78, 5) is 31.3. The molecule has 0 spiro atoms. The maximum Gasteiger partial charge on any atom is 0.300 e. The topological polar surface area (TPSA) is 94.3 Å². The number of nitriles is 1. The van der Waals surface area contributed by atoms with E-state index in [-0.39, 0.29) is 11.3 Å². The minimum absolute atomic E-state index is 0.0150. The van der Waals surface area contributed by atoms with Crippen LogP contribution in [-0.4, -0.2) is 21.8 Å². The highest BCUT2D eigenvalue weighted by Crippen LogP contribution is 2.42. The van der Waals surface area contributed by atoms with Crippen molar-refractivity contribution in [3.63, 3.8) is 0 Å². The van der Waals surface area contributed by atoms with Gasteiger partial charge in [0.2, 0.25) is 0 Å². The van der Waals surface area contributed by atoms with E-state index in [1.807, 2.05) is 37.3 Å². The zero-order chi connectivity index (χ0) is 21.3. The van der Waals surface area contributed by atoms with Crippen LogP contribution in [0.2, 0.25) is 0 Å². The van der Waals surface area contributed by atoms with Crippen LogP contribution in [-0.2, 0) is 9.59 Å². The first-order valence-electron chi connectivity index (χ1n) is 9.29. The first-order chi connectivity index (χ1) is 14.5. The molecule has 1 aliphatic heterocycles. The molecular weight excluding hydrogens is 378 g/mol. The number of nitrogens with zero attached hydrogens (tertiary/aromatic N) is 3. The summed E-state index contributed by atoms with van der Waals surface area (Å²) >= 11 is 0. The smallest absolute Gasteiger partial charge is 0.300 e. The molecule has 0 radical (unpaired) electrons. The number of benzene rings is 2. The van der Waals surface area contributed by atoms with Gasteiger partial charge in [-0.05, 0) is 48.9 Å². The molecule has 3 aromatic rings. The van der Waals surface area contributed by atoms with E-state index in [0.717, 1.165) is 5.56 Å². The number of hydrogen-bond acceptors (Lipinski definition) is 5. The first kappa shape index (κ1) is 19.1. The molecule has 0 bridgehead atoms. The van der Waals surface area contributed by atoms with Gasteiger partial charge >= 0.3 is 0 Å². The average molecular weight is 395 g/mol. The van der Waals surface area contributed by atoms with Crippen LogP contribution < -0.4 is 4.90 Å². The molecule has 1 aliphatic rings. The Kier molecular flexibility index (Phi) is 4.87. The highest BCUT2D eigenvalue weighted by molar-refractivity contribution is 6.51. The number of carbonyl (C=O) groups is 2. The van der Waals surface area contributed by atoms with Gasteiger partial charge in [-0.3, -0.25) is 19.5 Å². The number of pyridine rings is 1. The summed E-state index contributed by atoms with van der Waals surface area (Å²) in [7, 11) is 0. The predicted octanol–water partition coefficient (Wildman–Crippen LogP) is 3.89. The Morgan fingerprint density at radius 1 is 1.07 bits per heavy atom. The lowest BCUT2D eigenvalue weighted by atomic mass is 9.94. The van der Waals surface area contributed by atoms with E-state index in [0.29, 0.717) is 22.4 Å². The number of anilines is 1. The molecule has 1 amide bonds. The molecular formula is C24H17N3O3. The molecule has 146 valence electrons. The Hall–Kier alpha value is -4.24. The van der Waals surface area contributed by atoms with Crippen molar-refractivity contribution in [2.45, 2.75) is 13.0 Å². The zero-order valence-corrected chi connectivity index (χ0v) is 16.1. The van der Waals surface area contributed by atoms with Gasteiger partial charge in [0, 0.05) is 23.6 Å². The van der Waals surface area contributed by atoms with Crippen LogP contribution >= 0.6 is 0 Å². The second-order valence-electron chi connectivity index (χ2n) is 6.98. The monoisotopic (exact) mass is 395 g/mol. The fraction of sp³-hybridized carbons (Fsp3) is 0.0833. The maximum atomic E-state index is 13.0. The molecule has 1 atom stereocenters. The minimum Gasteiger partial charge on any atom is -0.507 e. The lowest BCUT2D eigenvalue weighted by molar-refractivity contribution is -0.132. The quantitative estimate of drug-likeness (QED) is 0.412. The maximum absolute atomic E-state index is 13.0. The molecule has 1 aromatic heterocycles. The van der Waals surface area contributed by atoms with Crippen LogP contribution in [0.1, 0.15) is 28.3 Å². The molecule has 30 heavy (non-hydrogen) atoms. The molecule has 2 aromatic carbocycles. The molecule has 1 fully saturated rings. The van der Waals surface area contributed by atoms with Crippen molar-refractivity contribution in [2.75, 3.05) is 4.90 Å². The highest BCUT2D eigenvalue weighted by Gasteiger charge is 2.46. The largest absolute Gasteiger partial charge is 0.507 e. The van der Waals surface area contributed by atoms with Gasteiger partial charge in [0.05, 0.1) is 23.2 Å². The number of aromatic nitrogens is 1. The zero-order valence-electron chi connectivity index (χ0n) is 16.1. The Bertz CT molecular complexity index is 1210. The van der Waals surface area contributed by atoms with Crippen LogP contribution in [0, 0.1) is 18.3 Å². The second-order valence-corrected chi connectivity index (χ2v) is 6.98. The van der Waals surface area contributed by atoms with Crippen molar-refractivity contribution in [1.29, 1.82) is 5.26 Å². The normalized spacial score (nSPS) is 17.7. The Morgan fingerprint density at radius 2 is 1.77 bits per heavy atom. The van der Waals surface area contributed by atoms with E-state index in [1.165, 1.54) is 17.3 Å². The Balaban J connectivity index is 1.94. The number of hydrogen-bond donors (Lipinski definition) is 1. The van der Waals surface area contributed by atoms with Crippen molar-refractivity contribution in [3.8, 4) is 6.07 Å². The molecule has 2 heterocycles. The minimum atomic E-state index is -0.800. The van der Waals surface area contributed by atoms with Gasteiger partial charge in [-0.25, -0.2) is 0 Å². The number of aliphatic hydroxyl groups excluding tert-OH is 1. The van der Waals surface area contributed by atoms with E-state index in [1.54, 1.807) is 36.4 Å². The summed E-state index contributed by atoms with van der Waals surface area (Å²) in [6, 6.07) is 18.3. The average Bonchev–Trinajstić information content (AvgIpc) is 3.04. The fourth-order valence-electron chi connectivity index (χ4n) is 3.62. The summed E-state index contributed by atoms with van der Waals surface area (Å²) < 4.78 is 0. The third-order valence-corrected chi connectivity index (χ3v) is 5.03. The predicted molar refractivity (Wildman–Crippen MR) is 111 cm³/mol. The van der Waals surface area contributed by atoms with Crippen LogP contribution in [0.25, 0.3) is 5.76 Å². The second kappa shape index (κ2) is 7.64. The standard InChI is InChI=1S/C24H17N3O3/c1-15-3-2-4-18(13-15)21-20(22(28)17-9-11-26-12-10-17)23(29)24(30)27(21)19-7-5-16(14-25)6-8-19/h2-13,21,28H,1H3/b22-20-. The Morgan fingerprint density at radius 3 is 2.40 bits per heavy atom. The van der Waals surface area contributed by atoms with Gasteiger partial charge in [-0.15, -0.1) is 0 Å².